The van der Waals surface area contributed by atoms with Gasteiger partial charge in [-0.15, -0.1) is 0 Å². The molecule has 7 nitrogen and oxygen atoms in total. The maximum Gasteiger partial charge on any atom is 0.130 e. The highest BCUT2D eigenvalue weighted by Crippen LogP contribution is 2.37. The van der Waals surface area contributed by atoms with E-state index in [2.05, 4.69) is 79.8 Å². The lowest BCUT2D eigenvalue weighted by Crippen LogP contribution is -2.35. The number of pyridine rings is 2. The van der Waals surface area contributed by atoms with Gasteiger partial charge in [0.25, 0.3) is 0 Å². The summed E-state index contributed by atoms with van der Waals surface area (Å²) in [6, 6.07) is 12.8. The van der Waals surface area contributed by atoms with E-state index in [4.69, 9.17) is 19.4 Å². The van der Waals surface area contributed by atoms with Gasteiger partial charge in [0.2, 0.25) is 0 Å². The third kappa shape index (κ3) is 8.01. The number of methoxy groups -OCH3 is 1. The van der Waals surface area contributed by atoms with Gasteiger partial charge in [-0.2, -0.15) is 0 Å². The fraction of sp³-hybridized carbons (Fsp3) is 0.500. The van der Waals surface area contributed by atoms with E-state index in [1.165, 1.54) is 5.56 Å². The van der Waals surface area contributed by atoms with Gasteiger partial charge in [0.1, 0.15) is 11.5 Å². The third-order valence-electron chi connectivity index (χ3n) is 7.35. The lowest BCUT2D eigenvalue weighted by atomic mass is 9.98. The van der Waals surface area contributed by atoms with Crippen LogP contribution in [0.3, 0.4) is 0 Å². The molecule has 1 aliphatic heterocycles. The standard InChI is InChI=1S/C32H45N5O2/c1-8-39-30-17-24(3)32(31(20-30)38-7)27-18-26(5)34-29(19-27)22-37-12-10-35(6)9-11-36(13-14-37)21-28-16-23(2)15-25(4)33-28/h15-20H,8-14,21-22H2,1-7H3. The molecule has 1 saturated heterocycles. The summed E-state index contributed by atoms with van der Waals surface area (Å²) in [5.74, 6) is 1.66. The van der Waals surface area contributed by atoms with Gasteiger partial charge in [-0.1, -0.05) is 0 Å². The summed E-state index contributed by atoms with van der Waals surface area (Å²) >= 11 is 0. The Morgan fingerprint density at radius 2 is 1.33 bits per heavy atom. The molecule has 4 rings (SSSR count). The third-order valence-corrected chi connectivity index (χ3v) is 7.35. The highest BCUT2D eigenvalue weighted by Gasteiger charge is 2.18. The van der Waals surface area contributed by atoms with Gasteiger partial charge in [-0.05, 0) is 88.7 Å². The average molecular weight is 532 g/mol. The molecule has 0 bridgehead atoms. The van der Waals surface area contributed by atoms with Crippen LogP contribution >= 0.6 is 0 Å². The summed E-state index contributed by atoms with van der Waals surface area (Å²) in [7, 11) is 3.95. The van der Waals surface area contributed by atoms with E-state index in [0.717, 1.165) is 103 Å². The number of ether oxygens (including phenoxy) is 2. The highest BCUT2D eigenvalue weighted by molar-refractivity contribution is 5.75. The number of rotatable bonds is 8. The van der Waals surface area contributed by atoms with E-state index in [1.54, 1.807) is 7.11 Å². The van der Waals surface area contributed by atoms with Crippen molar-refractivity contribution in [2.24, 2.45) is 0 Å². The van der Waals surface area contributed by atoms with Crippen LogP contribution in [0.4, 0.5) is 0 Å². The van der Waals surface area contributed by atoms with Crippen molar-refractivity contribution >= 4 is 0 Å². The largest absolute Gasteiger partial charge is 0.496 e. The van der Waals surface area contributed by atoms with E-state index in [9.17, 15) is 0 Å². The maximum absolute atomic E-state index is 5.80. The molecule has 0 aliphatic carbocycles. The van der Waals surface area contributed by atoms with Crippen molar-refractivity contribution in [3.05, 3.63) is 70.3 Å². The summed E-state index contributed by atoms with van der Waals surface area (Å²) < 4.78 is 11.6. The lowest BCUT2D eigenvalue weighted by Gasteiger charge is -2.26. The van der Waals surface area contributed by atoms with Crippen LogP contribution in [0.15, 0.2) is 36.4 Å². The molecule has 1 aromatic carbocycles. The van der Waals surface area contributed by atoms with E-state index in [0.29, 0.717) is 6.61 Å². The average Bonchev–Trinajstić information content (AvgIpc) is 2.94. The molecule has 210 valence electrons. The van der Waals surface area contributed by atoms with E-state index in [-0.39, 0.29) is 0 Å². The molecule has 2 aromatic heterocycles. The van der Waals surface area contributed by atoms with Crippen molar-refractivity contribution in [3.8, 4) is 22.6 Å². The molecule has 1 aliphatic rings. The van der Waals surface area contributed by atoms with Crippen LogP contribution in [0.25, 0.3) is 11.1 Å². The minimum absolute atomic E-state index is 0.629. The predicted octanol–water partition coefficient (Wildman–Crippen LogP) is 5.03. The summed E-state index contributed by atoms with van der Waals surface area (Å²) in [5, 5.41) is 0. The maximum atomic E-state index is 5.80. The molecule has 0 atom stereocenters. The summed E-state index contributed by atoms with van der Waals surface area (Å²) in [6.45, 7) is 18.9. The second-order valence-corrected chi connectivity index (χ2v) is 10.9. The zero-order valence-electron chi connectivity index (χ0n) is 24.9. The second-order valence-electron chi connectivity index (χ2n) is 10.9. The summed E-state index contributed by atoms with van der Waals surface area (Å²) in [6.07, 6.45) is 0. The second kappa shape index (κ2) is 13.4. The molecule has 1 fully saturated rings. The van der Waals surface area contributed by atoms with Gasteiger partial charge in [0.05, 0.1) is 25.1 Å². The molecule has 0 N–H and O–H groups in total. The Bertz CT molecular complexity index is 1240. The summed E-state index contributed by atoms with van der Waals surface area (Å²) in [5.41, 5.74) is 9.00. The Hall–Kier alpha value is -3.00. The Labute approximate surface area is 234 Å². The number of aromatic nitrogens is 2. The first kappa shape index (κ1) is 29.0. The number of hydrogen-bond donors (Lipinski definition) is 0. The van der Waals surface area contributed by atoms with Gasteiger partial charge < -0.3 is 14.4 Å². The van der Waals surface area contributed by atoms with Crippen LogP contribution in [0.1, 0.15) is 40.8 Å². The fourth-order valence-corrected chi connectivity index (χ4v) is 5.49. The molecule has 39 heavy (non-hydrogen) atoms. The molecule has 0 saturated carbocycles. The molecule has 3 heterocycles. The zero-order valence-corrected chi connectivity index (χ0v) is 24.9. The lowest BCUT2D eigenvalue weighted by molar-refractivity contribution is 0.206. The number of likely N-dealkylation sites (N-methyl/N-ethyl adjacent to an activating group) is 1. The van der Waals surface area contributed by atoms with Crippen molar-refractivity contribution in [3.63, 3.8) is 0 Å². The van der Waals surface area contributed by atoms with Gasteiger partial charge in [-0.25, -0.2) is 0 Å². The molecule has 0 amide bonds. The van der Waals surface area contributed by atoms with Crippen LogP contribution in [0.2, 0.25) is 0 Å². The summed E-state index contributed by atoms with van der Waals surface area (Å²) in [4.78, 5) is 17.3. The quantitative estimate of drug-likeness (QED) is 0.404. The molecule has 0 radical (unpaired) electrons. The van der Waals surface area contributed by atoms with Crippen LogP contribution in [-0.4, -0.2) is 84.7 Å². The minimum Gasteiger partial charge on any atom is -0.496 e. The first-order chi connectivity index (χ1) is 18.7. The Balaban J connectivity index is 1.54. The minimum atomic E-state index is 0.629. The van der Waals surface area contributed by atoms with Gasteiger partial charge in [0.15, 0.2) is 0 Å². The molecular formula is C32H45N5O2. The van der Waals surface area contributed by atoms with Crippen molar-refractivity contribution < 1.29 is 9.47 Å². The van der Waals surface area contributed by atoms with Gasteiger partial charge in [0, 0.05) is 75.4 Å². The Kier molecular flexibility index (Phi) is 9.94. The number of benzene rings is 1. The topological polar surface area (TPSA) is 54.0 Å². The fourth-order valence-electron chi connectivity index (χ4n) is 5.49. The van der Waals surface area contributed by atoms with Gasteiger partial charge >= 0.3 is 0 Å². The van der Waals surface area contributed by atoms with Crippen LogP contribution in [0.5, 0.6) is 11.5 Å². The monoisotopic (exact) mass is 531 g/mol. The molecule has 7 heteroatoms. The molecule has 0 unspecified atom stereocenters. The molecular weight excluding hydrogens is 486 g/mol. The molecule has 0 spiro atoms. The highest BCUT2D eigenvalue weighted by atomic mass is 16.5. The number of hydrogen-bond acceptors (Lipinski definition) is 7. The van der Waals surface area contributed by atoms with Crippen LogP contribution in [0, 0.1) is 27.7 Å². The first-order valence-corrected chi connectivity index (χ1v) is 14.1. The van der Waals surface area contributed by atoms with Crippen LogP contribution in [-0.2, 0) is 13.1 Å². The first-order valence-electron chi connectivity index (χ1n) is 14.1. The van der Waals surface area contributed by atoms with Gasteiger partial charge in [-0.3, -0.25) is 19.8 Å². The SMILES string of the molecule is CCOc1cc(C)c(-c2cc(C)nc(CN3CCN(C)CCN(Cc4cc(C)cc(C)n4)CC3)c2)c(OC)c1. The predicted molar refractivity (Wildman–Crippen MR) is 159 cm³/mol. The van der Waals surface area contributed by atoms with E-state index >= 15 is 0 Å². The Morgan fingerprint density at radius 3 is 1.92 bits per heavy atom. The normalized spacial score (nSPS) is 16.0. The van der Waals surface area contributed by atoms with Crippen LogP contribution < -0.4 is 9.47 Å². The smallest absolute Gasteiger partial charge is 0.130 e. The van der Waals surface area contributed by atoms with E-state index in [1.807, 2.05) is 13.0 Å². The van der Waals surface area contributed by atoms with Crippen molar-refractivity contribution in [1.29, 1.82) is 0 Å². The zero-order chi connectivity index (χ0) is 27.9. The Morgan fingerprint density at radius 1 is 0.744 bits per heavy atom. The molecule has 3 aromatic rings. The van der Waals surface area contributed by atoms with Crippen molar-refractivity contribution in [1.82, 2.24) is 24.7 Å². The number of aryl methyl sites for hydroxylation is 4. The van der Waals surface area contributed by atoms with E-state index < -0.39 is 0 Å². The number of nitrogens with zero attached hydrogens (tertiary/aromatic N) is 5. The van der Waals surface area contributed by atoms with Crippen molar-refractivity contribution in [2.45, 2.75) is 47.7 Å². The van der Waals surface area contributed by atoms with Crippen molar-refractivity contribution in [2.75, 3.05) is 60.0 Å².